The summed E-state index contributed by atoms with van der Waals surface area (Å²) in [6, 6.07) is 13.0. The summed E-state index contributed by atoms with van der Waals surface area (Å²) in [5.74, 6) is -0.940. The Balaban J connectivity index is 1.67. The van der Waals surface area contributed by atoms with Gasteiger partial charge in [-0.25, -0.2) is 4.79 Å². The summed E-state index contributed by atoms with van der Waals surface area (Å²) in [7, 11) is 0. The molecule has 0 aliphatic heterocycles. The lowest BCUT2D eigenvalue weighted by atomic mass is 10.1. The number of ether oxygens (including phenoxy) is 1. The number of halogens is 1. The number of rotatable bonds is 5. The summed E-state index contributed by atoms with van der Waals surface area (Å²) in [5.41, 5.74) is 3.02. The van der Waals surface area contributed by atoms with E-state index in [1.165, 1.54) is 0 Å². The topological polar surface area (TPSA) is 68.5 Å². The van der Waals surface area contributed by atoms with E-state index in [0.29, 0.717) is 11.1 Å². The second-order valence-electron chi connectivity index (χ2n) is 5.83. The molecular weight excluding hydrogens is 398 g/mol. The van der Waals surface area contributed by atoms with Crippen molar-refractivity contribution in [3.63, 3.8) is 0 Å². The first-order valence-electron chi connectivity index (χ1n) is 8.23. The second-order valence-corrected chi connectivity index (χ2v) is 6.75. The van der Waals surface area contributed by atoms with E-state index in [1.807, 2.05) is 43.3 Å². The third-order valence-corrected chi connectivity index (χ3v) is 4.58. The van der Waals surface area contributed by atoms with Crippen molar-refractivity contribution in [2.75, 3.05) is 11.9 Å². The average molecular weight is 416 g/mol. The number of hydrogen-bond acceptors (Lipinski definition) is 4. The Morgan fingerprint density at radius 2 is 1.96 bits per heavy atom. The van der Waals surface area contributed by atoms with Crippen molar-refractivity contribution < 1.29 is 18.7 Å². The third kappa shape index (κ3) is 3.80. The van der Waals surface area contributed by atoms with Crippen molar-refractivity contribution in [1.82, 2.24) is 0 Å². The molecule has 0 unspecified atom stereocenters. The fraction of sp³-hybridized carbons (Fsp3) is 0.200. The minimum Gasteiger partial charge on any atom is -0.450 e. The molecule has 5 nitrogen and oxygen atoms in total. The maximum atomic E-state index is 12.3. The van der Waals surface area contributed by atoms with E-state index < -0.39 is 11.9 Å². The molecule has 0 fully saturated rings. The number of fused-ring (bicyclic) bond motifs is 1. The predicted molar refractivity (Wildman–Crippen MR) is 103 cm³/mol. The molecular formula is C20H18BrNO4. The molecule has 1 amide bonds. The van der Waals surface area contributed by atoms with Crippen LogP contribution in [-0.4, -0.2) is 18.5 Å². The molecule has 0 aliphatic carbocycles. The lowest BCUT2D eigenvalue weighted by Gasteiger charge is -2.09. The Kier molecular flexibility index (Phi) is 5.42. The number of esters is 1. The van der Waals surface area contributed by atoms with Crippen molar-refractivity contribution in [2.45, 2.75) is 20.3 Å². The number of amides is 1. The van der Waals surface area contributed by atoms with Crippen LogP contribution < -0.4 is 5.32 Å². The Bertz CT molecular complexity index is 977. The van der Waals surface area contributed by atoms with Gasteiger partial charge in [0.15, 0.2) is 6.61 Å². The van der Waals surface area contributed by atoms with E-state index in [9.17, 15) is 9.59 Å². The van der Waals surface area contributed by atoms with Gasteiger partial charge in [-0.2, -0.15) is 0 Å². The third-order valence-electron chi connectivity index (χ3n) is 4.09. The van der Waals surface area contributed by atoms with Gasteiger partial charge in [-0.15, -0.1) is 0 Å². The van der Waals surface area contributed by atoms with Crippen LogP contribution in [0.1, 0.15) is 28.6 Å². The molecule has 3 aromatic rings. The Morgan fingerprint density at radius 3 is 2.73 bits per heavy atom. The van der Waals surface area contributed by atoms with Gasteiger partial charge in [-0.05, 0) is 43.2 Å². The molecule has 0 saturated heterocycles. The van der Waals surface area contributed by atoms with Crippen LogP contribution in [0.25, 0.3) is 11.0 Å². The lowest BCUT2D eigenvalue weighted by Crippen LogP contribution is -2.21. The van der Waals surface area contributed by atoms with Gasteiger partial charge in [0.2, 0.25) is 5.76 Å². The largest absolute Gasteiger partial charge is 0.450 e. The fourth-order valence-electron chi connectivity index (χ4n) is 2.72. The van der Waals surface area contributed by atoms with Gasteiger partial charge in [-0.1, -0.05) is 41.1 Å². The standard InChI is InChI=1S/C20H18BrNO4/c1-3-13-6-4-5-7-16(13)22-18(23)11-25-20(24)19-12(2)15-10-14(21)8-9-17(15)26-19/h4-10H,3,11H2,1-2H3,(H,22,23). The van der Waals surface area contributed by atoms with Gasteiger partial charge in [0.1, 0.15) is 5.58 Å². The highest BCUT2D eigenvalue weighted by Gasteiger charge is 2.20. The van der Waals surface area contributed by atoms with Crippen LogP contribution in [0.4, 0.5) is 5.69 Å². The molecule has 0 bridgehead atoms. The van der Waals surface area contributed by atoms with Crippen LogP contribution in [0.5, 0.6) is 0 Å². The highest BCUT2D eigenvalue weighted by molar-refractivity contribution is 9.10. The number of nitrogens with one attached hydrogen (secondary N) is 1. The van der Waals surface area contributed by atoms with Crippen LogP contribution >= 0.6 is 15.9 Å². The number of anilines is 1. The molecule has 0 saturated carbocycles. The molecule has 0 aliphatic rings. The van der Waals surface area contributed by atoms with Crippen molar-refractivity contribution in [3.05, 3.63) is 63.8 Å². The Labute approximate surface area is 159 Å². The molecule has 0 atom stereocenters. The molecule has 26 heavy (non-hydrogen) atoms. The summed E-state index contributed by atoms with van der Waals surface area (Å²) >= 11 is 3.40. The van der Waals surface area contributed by atoms with E-state index in [4.69, 9.17) is 9.15 Å². The predicted octanol–water partition coefficient (Wildman–Crippen LogP) is 4.86. The molecule has 2 aromatic carbocycles. The minimum atomic E-state index is -0.659. The van der Waals surface area contributed by atoms with E-state index in [1.54, 1.807) is 13.0 Å². The molecule has 6 heteroatoms. The highest BCUT2D eigenvalue weighted by atomic mass is 79.9. The van der Waals surface area contributed by atoms with Crippen LogP contribution in [0.2, 0.25) is 0 Å². The van der Waals surface area contributed by atoms with Gasteiger partial charge in [0.05, 0.1) is 0 Å². The van der Waals surface area contributed by atoms with Crippen molar-refractivity contribution >= 4 is 44.5 Å². The number of hydrogen-bond donors (Lipinski definition) is 1. The monoisotopic (exact) mass is 415 g/mol. The maximum absolute atomic E-state index is 12.3. The van der Waals surface area contributed by atoms with Gasteiger partial charge in [0, 0.05) is 21.1 Å². The summed E-state index contributed by atoms with van der Waals surface area (Å²) in [4.78, 5) is 24.4. The number of carbonyl (C=O) groups is 2. The quantitative estimate of drug-likeness (QED) is 0.603. The SMILES string of the molecule is CCc1ccccc1NC(=O)COC(=O)c1oc2ccc(Br)cc2c1C. The zero-order chi connectivity index (χ0) is 18.7. The molecule has 1 heterocycles. The molecule has 3 rings (SSSR count). The first-order chi connectivity index (χ1) is 12.5. The Hall–Kier alpha value is -2.60. The minimum absolute atomic E-state index is 0.111. The number of para-hydroxylation sites is 1. The van der Waals surface area contributed by atoms with E-state index in [-0.39, 0.29) is 12.4 Å². The van der Waals surface area contributed by atoms with E-state index >= 15 is 0 Å². The van der Waals surface area contributed by atoms with Crippen LogP contribution in [0.3, 0.4) is 0 Å². The molecule has 1 N–H and O–H groups in total. The number of benzene rings is 2. The van der Waals surface area contributed by atoms with Gasteiger partial charge >= 0.3 is 5.97 Å². The first kappa shape index (κ1) is 18.2. The van der Waals surface area contributed by atoms with Gasteiger partial charge < -0.3 is 14.5 Å². The normalized spacial score (nSPS) is 10.7. The summed E-state index contributed by atoms with van der Waals surface area (Å²) in [6.45, 7) is 3.41. The summed E-state index contributed by atoms with van der Waals surface area (Å²) in [6.07, 6.45) is 0.796. The molecule has 0 radical (unpaired) electrons. The number of furan rings is 1. The summed E-state index contributed by atoms with van der Waals surface area (Å²) in [5, 5.41) is 3.59. The maximum Gasteiger partial charge on any atom is 0.375 e. The van der Waals surface area contributed by atoms with Crippen molar-refractivity contribution in [2.24, 2.45) is 0 Å². The van der Waals surface area contributed by atoms with Crippen LogP contribution in [-0.2, 0) is 16.0 Å². The van der Waals surface area contributed by atoms with Crippen LogP contribution in [0.15, 0.2) is 51.4 Å². The fourth-order valence-corrected chi connectivity index (χ4v) is 3.08. The first-order valence-corrected chi connectivity index (χ1v) is 9.02. The highest BCUT2D eigenvalue weighted by Crippen LogP contribution is 2.28. The smallest absolute Gasteiger partial charge is 0.375 e. The number of carbonyl (C=O) groups excluding carboxylic acids is 2. The zero-order valence-electron chi connectivity index (χ0n) is 14.5. The molecule has 134 valence electrons. The molecule has 0 spiro atoms. The van der Waals surface area contributed by atoms with E-state index in [0.717, 1.165) is 27.5 Å². The summed E-state index contributed by atoms with van der Waals surface area (Å²) < 4.78 is 11.6. The van der Waals surface area contributed by atoms with Crippen LogP contribution in [0, 0.1) is 6.92 Å². The Morgan fingerprint density at radius 1 is 1.19 bits per heavy atom. The van der Waals surface area contributed by atoms with Gasteiger partial charge in [-0.3, -0.25) is 4.79 Å². The lowest BCUT2D eigenvalue weighted by molar-refractivity contribution is -0.119. The second kappa shape index (κ2) is 7.74. The average Bonchev–Trinajstić information content (AvgIpc) is 2.96. The van der Waals surface area contributed by atoms with Crippen molar-refractivity contribution in [1.29, 1.82) is 0 Å². The van der Waals surface area contributed by atoms with E-state index in [2.05, 4.69) is 21.2 Å². The van der Waals surface area contributed by atoms with Crippen molar-refractivity contribution in [3.8, 4) is 0 Å². The zero-order valence-corrected chi connectivity index (χ0v) is 16.1. The van der Waals surface area contributed by atoms with Gasteiger partial charge in [0.25, 0.3) is 5.91 Å². The molecule has 1 aromatic heterocycles. The number of aryl methyl sites for hydroxylation is 2.